The second kappa shape index (κ2) is 9.69. The number of fused-ring (bicyclic) bond motifs is 4. The lowest BCUT2D eigenvalue weighted by Gasteiger charge is -2.41. The first-order valence-electron chi connectivity index (χ1n) is 13.2. The number of carbonyl (C=O) groups is 3. The van der Waals surface area contributed by atoms with Crippen molar-refractivity contribution in [2.75, 3.05) is 13.1 Å². The number of rotatable bonds is 4. The molecular weight excluding hydrogens is 466 g/mol. The number of amides is 2. The maximum absolute atomic E-state index is 13.2. The molecule has 0 N–H and O–H groups in total. The van der Waals surface area contributed by atoms with Crippen LogP contribution in [-0.2, 0) is 33.8 Å². The number of likely N-dealkylation sites (N-methyl/N-ethyl adjacent to an activating group) is 1. The maximum atomic E-state index is 13.2. The number of ether oxygens (including phenoxy) is 1. The van der Waals surface area contributed by atoms with E-state index in [1.807, 2.05) is 45.9 Å². The van der Waals surface area contributed by atoms with Crippen LogP contribution in [0.1, 0.15) is 67.7 Å². The van der Waals surface area contributed by atoms with E-state index in [0.29, 0.717) is 31.6 Å². The van der Waals surface area contributed by atoms with Crippen LogP contribution in [0.3, 0.4) is 0 Å². The van der Waals surface area contributed by atoms with Crippen molar-refractivity contribution >= 4 is 28.7 Å². The fourth-order valence-corrected chi connectivity index (χ4v) is 5.56. The van der Waals surface area contributed by atoms with E-state index in [4.69, 9.17) is 4.74 Å². The van der Waals surface area contributed by atoms with E-state index >= 15 is 0 Å². The SMILES string of the molecule is CCN1CC(=O)N2Cc3c(c4ccccc4n3Cc3ccc(C(=O)OC(C)(C)C)cc3)CCCC2C1=O. The molecule has 2 aromatic carbocycles. The zero-order chi connectivity index (χ0) is 26.3. The summed E-state index contributed by atoms with van der Waals surface area (Å²) < 4.78 is 7.78. The Morgan fingerprint density at radius 1 is 1.03 bits per heavy atom. The van der Waals surface area contributed by atoms with Crippen molar-refractivity contribution in [3.05, 3.63) is 70.9 Å². The first-order chi connectivity index (χ1) is 17.7. The average Bonchev–Trinajstić information content (AvgIpc) is 3.11. The Bertz CT molecular complexity index is 1350. The van der Waals surface area contributed by atoms with E-state index in [1.165, 1.54) is 10.9 Å². The molecule has 1 saturated heterocycles. The van der Waals surface area contributed by atoms with Crippen molar-refractivity contribution in [3.8, 4) is 0 Å². The van der Waals surface area contributed by atoms with Gasteiger partial charge in [-0.1, -0.05) is 30.3 Å². The Morgan fingerprint density at radius 3 is 2.46 bits per heavy atom. The predicted octanol–water partition coefficient (Wildman–Crippen LogP) is 4.54. The van der Waals surface area contributed by atoms with E-state index in [2.05, 4.69) is 22.8 Å². The van der Waals surface area contributed by atoms with Crippen molar-refractivity contribution in [2.45, 2.75) is 71.7 Å². The van der Waals surface area contributed by atoms with Gasteiger partial charge in [-0.25, -0.2) is 4.79 Å². The van der Waals surface area contributed by atoms with E-state index in [0.717, 1.165) is 29.6 Å². The van der Waals surface area contributed by atoms with Crippen LogP contribution in [0.4, 0.5) is 0 Å². The van der Waals surface area contributed by atoms with Crippen LogP contribution in [0, 0.1) is 0 Å². The van der Waals surface area contributed by atoms with Crippen LogP contribution in [0.15, 0.2) is 48.5 Å². The first-order valence-corrected chi connectivity index (χ1v) is 13.2. The lowest BCUT2D eigenvalue weighted by molar-refractivity contribution is -0.156. The second-order valence-corrected chi connectivity index (χ2v) is 11.0. The van der Waals surface area contributed by atoms with Gasteiger partial charge in [-0.2, -0.15) is 0 Å². The largest absolute Gasteiger partial charge is 0.456 e. The number of piperazine rings is 1. The molecule has 0 saturated carbocycles. The molecule has 2 aliphatic rings. The second-order valence-electron chi connectivity index (χ2n) is 11.0. The minimum Gasteiger partial charge on any atom is -0.456 e. The molecule has 2 aliphatic heterocycles. The number of para-hydroxylation sites is 1. The summed E-state index contributed by atoms with van der Waals surface area (Å²) in [4.78, 5) is 42.2. The lowest BCUT2D eigenvalue weighted by Crippen LogP contribution is -2.59. The van der Waals surface area contributed by atoms with Crippen molar-refractivity contribution in [1.29, 1.82) is 0 Å². The van der Waals surface area contributed by atoms with Crippen molar-refractivity contribution in [2.24, 2.45) is 0 Å². The molecule has 194 valence electrons. The van der Waals surface area contributed by atoms with Crippen molar-refractivity contribution in [1.82, 2.24) is 14.4 Å². The standard InChI is InChI=1S/C30H35N3O4/c1-5-31-19-27(34)33-18-26-23(10-8-12-25(33)28(31)35)22-9-6-7-11-24(22)32(26)17-20-13-15-21(16-14-20)29(36)37-30(2,3)4/h6-7,9,11,13-16,25H,5,8,10,12,17-19H2,1-4H3. The van der Waals surface area contributed by atoms with E-state index in [9.17, 15) is 14.4 Å². The van der Waals surface area contributed by atoms with Crippen LogP contribution in [-0.4, -0.2) is 56.9 Å². The quantitative estimate of drug-likeness (QED) is 0.492. The number of aromatic nitrogens is 1. The predicted molar refractivity (Wildman–Crippen MR) is 142 cm³/mol. The summed E-state index contributed by atoms with van der Waals surface area (Å²) in [5, 5.41) is 1.20. The molecule has 0 spiro atoms. The van der Waals surface area contributed by atoms with Crippen molar-refractivity contribution in [3.63, 3.8) is 0 Å². The third-order valence-corrected chi connectivity index (χ3v) is 7.35. The van der Waals surface area contributed by atoms with E-state index < -0.39 is 11.6 Å². The number of esters is 1. The third-order valence-electron chi connectivity index (χ3n) is 7.35. The molecular formula is C30H35N3O4. The van der Waals surface area contributed by atoms with Crippen LogP contribution in [0.25, 0.3) is 10.9 Å². The number of aryl methyl sites for hydroxylation is 1. The Kier molecular flexibility index (Phi) is 6.56. The average molecular weight is 502 g/mol. The Balaban J connectivity index is 1.50. The molecule has 1 unspecified atom stereocenters. The summed E-state index contributed by atoms with van der Waals surface area (Å²) in [5.74, 6) is -0.264. The Morgan fingerprint density at radius 2 is 1.76 bits per heavy atom. The Hall–Kier alpha value is -3.61. The molecule has 1 fully saturated rings. The normalized spacial score (nSPS) is 18.3. The molecule has 7 nitrogen and oxygen atoms in total. The molecule has 2 amide bonds. The number of hydrogen-bond donors (Lipinski definition) is 0. The molecule has 37 heavy (non-hydrogen) atoms. The van der Waals surface area contributed by atoms with Gasteiger partial charge >= 0.3 is 5.97 Å². The summed E-state index contributed by atoms with van der Waals surface area (Å²) >= 11 is 0. The maximum Gasteiger partial charge on any atom is 0.338 e. The van der Waals surface area contributed by atoms with Gasteiger partial charge in [0.2, 0.25) is 11.8 Å². The van der Waals surface area contributed by atoms with Gasteiger partial charge in [0.05, 0.1) is 18.7 Å². The molecule has 1 aromatic heterocycles. The summed E-state index contributed by atoms with van der Waals surface area (Å²) in [6.07, 6.45) is 2.41. The van der Waals surface area contributed by atoms with Gasteiger partial charge in [0.25, 0.3) is 0 Å². The number of benzene rings is 2. The van der Waals surface area contributed by atoms with Crippen LogP contribution in [0.5, 0.6) is 0 Å². The van der Waals surface area contributed by atoms with Crippen LogP contribution < -0.4 is 0 Å². The summed E-state index contributed by atoms with van der Waals surface area (Å²) in [6.45, 7) is 9.22. The first kappa shape index (κ1) is 25.1. The minimum absolute atomic E-state index is 0.0119. The molecule has 0 bridgehead atoms. The molecule has 7 heteroatoms. The fourth-order valence-electron chi connectivity index (χ4n) is 5.56. The van der Waals surface area contributed by atoms with Crippen molar-refractivity contribution < 1.29 is 19.1 Å². The molecule has 0 radical (unpaired) electrons. The monoisotopic (exact) mass is 501 g/mol. The van der Waals surface area contributed by atoms with E-state index in [-0.39, 0.29) is 24.3 Å². The zero-order valence-corrected chi connectivity index (χ0v) is 22.1. The van der Waals surface area contributed by atoms with Gasteiger partial charge in [0, 0.05) is 29.7 Å². The Labute approximate surface area is 218 Å². The lowest BCUT2D eigenvalue weighted by atomic mass is 9.95. The fraction of sp³-hybridized carbons (Fsp3) is 0.433. The molecule has 1 atom stereocenters. The van der Waals surface area contributed by atoms with E-state index in [1.54, 1.807) is 21.9 Å². The smallest absolute Gasteiger partial charge is 0.338 e. The highest BCUT2D eigenvalue weighted by Crippen LogP contribution is 2.33. The van der Waals surface area contributed by atoms with Gasteiger partial charge < -0.3 is 19.1 Å². The molecule has 5 rings (SSSR count). The minimum atomic E-state index is -0.546. The zero-order valence-electron chi connectivity index (χ0n) is 22.1. The number of hydrogen-bond acceptors (Lipinski definition) is 4. The highest BCUT2D eigenvalue weighted by molar-refractivity contribution is 5.95. The van der Waals surface area contributed by atoms with Gasteiger partial charge in [-0.05, 0) is 76.3 Å². The van der Waals surface area contributed by atoms with Crippen LogP contribution >= 0.6 is 0 Å². The van der Waals surface area contributed by atoms with Gasteiger partial charge in [0.1, 0.15) is 11.6 Å². The topological polar surface area (TPSA) is 71.8 Å². The number of carbonyl (C=O) groups excluding carboxylic acids is 3. The van der Waals surface area contributed by atoms with Gasteiger partial charge in [-0.15, -0.1) is 0 Å². The summed E-state index contributed by atoms with van der Waals surface area (Å²) in [7, 11) is 0. The van der Waals surface area contributed by atoms with Crippen LogP contribution in [0.2, 0.25) is 0 Å². The summed E-state index contributed by atoms with van der Waals surface area (Å²) in [5.41, 5.74) is 4.49. The van der Waals surface area contributed by atoms with Gasteiger partial charge in [-0.3, -0.25) is 9.59 Å². The third kappa shape index (κ3) is 4.87. The molecule has 3 aromatic rings. The molecule has 0 aliphatic carbocycles. The molecule has 3 heterocycles. The van der Waals surface area contributed by atoms with Gasteiger partial charge in [0.15, 0.2) is 0 Å². The summed E-state index contributed by atoms with van der Waals surface area (Å²) in [6, 6.07) is 15.5. The number of nitrogens with zero attached hydrogens (tertiary/aromatic N) is 3. The highest BCUT2D eigenvalue weighted by atomic mass is 16.6. The highest BCUT2D eigenvalue weighted by Gasteiger charge is 2.40.